The van der Waals surface area contributed by atoms with Crippen molar-refractivity contribution in [3.8, 4) is 0 Å². The smallest absolute Gasteiger partial charge is 0.142 e. The fourth-order valence-electron chi connectivity index (χ4n) is 0.868. The van der Waals surface area contributed by atoms with Crippen molar-refractivity contribution in [2.24, 2.45) is 0 Å². The number of hydrogen-bond acceptors (Lipinski definition) is 1. The predicted octanol–water partition coefficient (Wildman–Crippen LogP) is 2.88. The molecule has 0 aromatic rings. The Morgan fingerprint density at radius 2 is 2.00 bits per heavy atom. The SMILES string of the molecule is C=C(C)CCC/C(C)=C\C=O. The molecule has 1 heteroatoms. The van der Waals surface area contributed by atoms with Crippen molar-refractivity contribution in [1.82, 2.24) is 0 Å². The third kappa shape index (κ3) is 7.04. The van der Waals surface area contributed by atoms with Crippen LogP contribution in [-0.4, -0.2) is 6.29 Å². The molecular formula is C10H16O. The summed E-state index contributed by atoms with van der Waals surface area (Å²) < 4.78 is 0. The Labute approximate surface area is 68.8 Å². The zero-order valence-electron chi connectivity index (χ0n) is 7.39. The van der Waals surface area contributed by atoms with Crippen molar-refractivity contribution in [3.63, 3.8) is 0 Å². The topological polar surface area (TPSA) is 17.1 Å². The monoisotopic (exact) mass is 152 g/mol. The van der Waals surface area contributed by atoms with Gasteiger partial charge in [-0.15, -0.1) is 6.58 Å². The van der Waals surface area contributed by atoms with Crippen LogP contribution in [0.4, 0.5) is 0 Å². The molecule has 0 aliphatic heterocycles. The molecule has 0 amide bonds. The van der Waals surface area contributed by atoms with Gasteiger partial charge in [-0.1, -0.05) is 11.1 Å². The Morgan fingerprint density at radius 1 is 1.36 bits per heavy atom. The zero-order chi connectivity index (χ0) is 8.69. The largest absolute Gasteiger partial charge is 0.299 e. The van der Waals surface area contributed by atoms with E-state index in [-0.39, 0.29) is 0 Å². The van der Waals surface area contributed by atoms with Crippen LogP contribution < -0.4 is 0 Å². The maximum Gasteiger partial charge on any atom is 0.142 e. The molecule has 0 aliphatic rings. The van der Waals surface area contributed by atoms with Crippen molar-refractivity contribution >= 4 is 6.29 Å². The standard InChI is InChI=1S/C10H16O/c1-9(2)5-4-6-10(3)7-8-11/h7-8H,1,4-6H2,2-3H3/b10-7-. The fraction of sp³-hybridized carbons (Fsp3) is 0.500. The molecule has 1 nitrogen and oxygen atoms in total. The van der Waals surface area contributed by atoms with Crippen molar-refractivity contribution < 1.29 is 4.79 Å². The van der Waals surface area contributed by atoms with E-state index >= 15 is 0 Å². The van der Waals surface area contributed by atoms with Gasteiger partial charge in [-0.3, -0.25) is 4.79 Å². The van der Waals surface area contributed by atoms with Crippen LogP contribution in [-0.2, 0) is 4.79 Å². The van der Waals surface area contributed by atoms with Crippen LogP contribution in [0, 0.1) is 0 Å². The quantitative estimate of drug-likeness (QED) is 0.336. The third-order valence-corrected chi connectivity index (χ3v) is 1.53. The summed E-state index contributed by atoms with van der Waals surface area (Å²) in [5.41, 5.74) is 2.37. The minimum Gasteiger partial charge on any atom is -0.299 e. The minimum absolute atomic E-state index is 0.843. The molecule has 0 heterocycles. The Balaban J connectivity index is 3.46. The molecule has 62 valence electrons. The van der Waals surface area contributed by atoms with Gasteiger partial charge in [0.25, 0.3) is 0 Å². The van der Waals surface area contributed by atoms with E-state index in [2.05, 4.69) is 6.58 Å². The molecule has 0 bridgehead atoms. The molecule has 0 aliphatic carbocycles. The first kappa shape index (κ1) is 10.2. The number of carbonyl (C=O) groups excluding carboxylic acids is 1. The number of carbonyl (C=O) groups is 1. The number of aldehydes is 1. The first-order valence-corrected chi connectivity index (χ1v) is 3.92. The van der Waals surface area contributed by atoms with E-state index in [0.29, 0.717) is 0 Å². The van der Waals surface area contributed by atoms with Gasteiger partial charge >= 0.3 is 0 Å². The third-order valence-electron chi connectivity index (χ3n) is 1.53. The first-order valence-electron chi connectivity index (χ1n) is 3.92. The first-order chi connectivity index (χ1) is 5.16. The minimum atomic E-state index is 0.843. The molecule has 0 aromatic carbocycles. The van der Waals surface area contributed by atoms with Gasteiger partial charge in [0.1, 0.15) is 6.29 Å². The molecule has 0 saturated carbocycles. The molecule has 0 atom stereocenters. The summed E-state index contributed by atoms with van der Waals surface area (Å²) in [6.07, 6.45) is 5.63. The van der Waals surface area contributed by atoms with E-state index in [1.165, 1.54) is 5.57 Å². The highest BCUT2D eigenvalue weighted by Gasteiger charge is 1.90. The van der Waals surface area contributed by atoms with E-state index in [9.17, 15) is 4.79 Å². The van der Waals surface area contributed by atoms with E-state index in [1.807, 2.05) is 13.8 Å². The van der Waals surface area contributed by atoms with Gasteiger partial charge in [-0.2, -0.15) is 0 Å². The van der Waals surface area contributed by atoms with Crippen LogP contribution >= 0.6 is 0 Å². The second-order valence-corrected chi connectivity index (χ2v) is 2.96. The van der Waals surface area contributed by atoms with Gasteiger partial charge in [-0.05, 0) is 39.2 Å². The summed E-state index contributed by atoms with van der Waals surface area (Å²) in [6, 6.07) is 0. The lowest BCUT2D eigenvalue weighted by Crippen LogP contribution is -1.80. The average molecular weight is 152 g/mol. The summed E-state index contributed by atoms with van der Waals surface area (Å²) in [6.45, 7) is 7.81. The molecular weight excluding hydrogens is 136 g/mol. The molecule has 0 aromatic heterocycles. The summed E-state index contributed by atoms with van der Waals surface area (Å²) in [4.78, 5) is 10.0. The highest BCUT2D eigenvalue weighted by Crippen LogP contribution is 2.09. The molecule has 0 unspecified atom stereocenters. The number of allylic oxidation sites excluding steroid dienone is 3. The Bertz CT molecular complexity index is 166. The molecule has 0 saturated heterocycles. The molecule has 0 spiro atoms. The predicted molar refractivity (Wildman–Crippen MR) is 48.5 cm³/mol. The highest BCUT2D eigenvalue weighted by molar-refractivity contribution is 5.65. The molecule has 11 heavy (non-hydrogen) atoms. The Morgan fingerprint density at radius 3 is 2.45 bits per heavy atom. The van der Waals surface area contributed by atoms with Crippen LogP contribution in [0.2, 0.25) is 0 Å². The lowest BCUT2D eigenvalue weighted by Gasteiger charge is -1.98. The summed E-state index contributed by atoms with van der Waals surface area (Å²) in [7, 11) is 0. The number of rotatable bonds is 5. The second kappa shape index (κ2) is 5.90. The molecule has 0 radical (unpaired) electrons. The van der Waals surface area contributed by atoms with Gasteiger partial charge in [0.2, 0.25) is 0 Å². The van der Waals surface area contributed by atoms with Crippen molar-refractivity contribution in [2.75, 3.05) is 0 Å². The van der Waals surface area contributed by atoms with Gasteiger partial charge in [0.15, 0.2) is 0 Å². The fourth-order valence-corrected chi connectivity index (χ4v) is 0.868. The maximum absolute atomic E-state index is 10.0. The van der Waals surface area contributed by atoms with E-state index in [4.69, 9.17) is 0 Å². The summed E-state index contributed by atoms with van der Waals surface area (Å²) >= 11 is 0. The zero-order valence-corrected chi connectivity index (χ0v) is 7.39. The van der Waals surface area contributed by atoms with Crippen LogP contribution in [0.15, 0.2) is 23.8 Å². The van der Waals surface area contributed by atoms with Gasteiger partial charge < -0.3 is 0 Å². The molecule has 0 rings (SSSR count). The van der Waals surface area contributed by atoms with Crippen LogP contribution in [0.1, 0.15) is 33.1 Å². The molecule has 0 fully saturated rings. The number of hydrogen-bond donors (Lipinski definition) is 0. The van der Waals surface area contributed by atoms with Crippen LogP contribution in [0.25, 0.3) is 0 Å². The Hall–Kier alpha value is -0.850. The van der Waals surface area contributed by atoms with Crippen molar-refractivity contribution in [2.45, 2.75) is 33.1 Å². The van der Waals surface area contributed by atoms with Crippen LogP contribution in [0.3, 0.4) is 0 Å². The molecule has 0 N–H and O–H groups in total. The maximum atomic E-state index is 10.0. The van der Waals surface area contributed by atoms with E-state index in [0.717, 1.165) is 31.1 Å². The highest BCUT2D eigenvalue weighted by atomic mass is 16.1. The second-order valence-electron chi connectivity index (χ2n) is 2.96. The van der Waals surface area contributed by atoms with Crippen molar-refractivity contribution in [3.05, 3.63) is 23.8 Å². The summed E-state index contributed by atoms with van der Waals surface area (Å²) in [5.74, 6) is 0. The summed E-state index contributed by atoms with van der Waals surface area (Å²) in [5, 5.41) is 0. The van der Waals surface area contributed by atoms with Crippen molar-refractivity contribution in [1.29, 1.82) is 0 Å². The normalized spacial score (nSPS) is 11.3. The van der Waals surface area contributed by atoms with Gasteiger partial charge in [0.05, 0.1) is 0 Å². The van der Waals surface area contributed by atoms with Gasteiger partial charge in [-0.25, -0.2) is 0 Å². The van der Waals surface area contributed by atoms with E-state index < -0.39 is 0 Å². The lowest BCUT2D eigenvalue weighted by molar-refractivity contribution is -0.104. The average Bonchev–Trinajstić information content (AvgIpc) is 1.87. The Kier molecular flexibility index (Phi) is 5.44. The van der Waals surface area contributed by atoms with Crippen LogP contribution in [0.5, 0.6) is 0 Å². The lowest BCUT2D eigenvalue weighted by atomic mass is 10.1. The van der Waals surface area contributed by atoms with E-state index in [1.54, 1.807) is 6.08 Å². The van der Waals surface area contributed by atoms with Gasteiger partial charge in [0, 0.05) is 0 Å².